The van der Waals surface area contributed by atoms with E-state index in [1.807, 2.05) is 0 Å². The van der Waals surface area contributed by atoms with Crippen LogP contribution < -0.4 is 5.32 Å². The molecule has 0 spiro atoms. The molecule has 1 unspecified atom stereocenters. The minimum atomic E-state index is -3.75. The van der Waals surface area contributed by atoms with Gasteiger partial charge in [0.05, 0.1) is 11.5 Å². The van der Waals surface area contributed by atoms with Crippen LogP contribution in [0.1, 0.15) is 17.6 Å². The molecule has 2 aromatic rings. The molecule has 1 heterocycles. The number of benzene rings is 1. The third-order valence-corrected chi connectivity index (χ3v) is 4.46. The summed E-state index contributed by atoms with van der Waals surface area (Å²) in [6.07, 6.45) is 0.932. The highest BCUT2D eigenvalue weighted by Crippen LogP contribution is 2.29. The first kappa shape index (κ1) is 18.0. The molecule has 0 saturated heterocycles. The van der Waals surface area contributed by atoms with Crippen molar-refractivity contribution in [2.24, 2.45) is 0 Å². The number of nitrogens with zero attached hydrogens (tertiary/aromatic N) is 1. The third-order valence-electron chi connectivity index (χ3n) is 3.33. The summed E-state index contributed by atoms with van der Waals surface area (Å²) in [5.41, 5.74) is -0.0442. The Morgan fingerprint density at radius 2 is 2.04 bits per heavy atom. The van der Waals surface area contributed by atoms with Crippen LogP contribution in [0.5, 0.6) is 0 Å². The fraction of sp³-hybridized carbons (Fsp3) is 0.333. The molecule has 0 bridgehead atoms. The summed E-state index contributed by atoms with van der Waals surface area (Å²) in [6.45, 7) is 2.08. The number of sulfone groups is 1. The Bertz CT molecular complexity index is 843. The van der Waals surface area contributed by atoms with Gasteiger partial charge in [0, 0.05) is 25.1 Å². The van der Waals surface area contributed by atoms with Gasteiger partial charge in [0.1, 0.15) is 22.5 Å². The largest absolute Gasteiger partial charge is 0.464 e. The number of hydrogen-bond acceptors (Lipinski definition) is 7. The van der Waals surface area contributed by atoms with Crippen molar-refractivity contribution < 1.29 is 22.5 Å². The van der Waals surface area contributed by atoms with Crippen LogP contribution in [0.2, 0.25) is 0 Å². The number of ether oxygens (including phenoxy) is 1. The van der Waals surface area contributed by atoms with Gasteiger partial charge in [0.2, 0.25) is 0 Å². The molecule has 9 heteroatoms. The quantitative estimate of drug-likeness (QED) is 0.601. The maximum absolute atomic E-state index is 11.8. The lowest BCUT2D eigenvalue weighted by atomic mass is 10.2. The molecule has 1 atom stereocenters. The summed E-state index contributed by atoms with van der Waals surface area (Å²) in [5.74, 6) is 1.35. The summed E-state index contributed by atoms with van der Waals surface area (Å²) in [6, 6.07) is 7.08. The SMILES string of the molecule is COCC(Nc1ccc([N+](=O)[O-])c(S(C)(=O)=O)c1)c1ccc(C)o1. The van der Waals surface area contributed by atoms with Crippen molar-refractivity contribution in [3.8, 4) is 0 Å². The molecule has 0 aliphatic heterocycles. The molecule has 0 aliphatic carbocycles. The Labute approximate surface area is 139 Å². The highest BCUT2D eigenvalue weighted by molar-refractivity contribution is 7.90. The van der Waals surface area contributed by atoms with Gasteiger partial charge in [0.25, 0.3) is 5.69 Å². The second-order valence-corrected chi connectivity index (χ2v) is 7.30. The molecule has 0 fully saturated rings. The average Bonchev–Trinajstić information content (AvgIpc) is 2.92. The molecule has 130 valence electrons. The van der Waals surface area contributed by atoms with Gasteiger partial charge in [-0.2, -0.15) is 0 Å². The number of furan rings is 1. The topological polar surface area (TPSA) is 112 Å². The molecule has 0 amide bonds. The highest BCUT2D eigenvalue weighted by atomic mass is 32.2. The maximum atomic E-state index is 11.8. The van der Waals surface area contributed by atoms with Crippen LogP contribution >= 0.6 is 0 Å². The standard InChI is InChI=1S/C15H18N2O6S/c1-10-4-7-14(23-10)12(9-22-2)16-11-5-6-13(17(18)19)15(8-11)24(3,20)21/h4-8,12,16H,9H2,1-3H3. The fourth-order valence-corrected chi connectivity index (χ4v) is 3.12. The van der Waals surface area contributed by atoms with Gasteiger partial charge in [0.15, 0.2) is 9.84 Å². The molecule has 0 saturated carbocycles. The van der Waals surface area contributed by atoms with Crippen LogP contribution in [0.25, 0.3) is 0 Å². The van der Waals surface area contributed by atoms with Gasteiger partial charge in [-0.15, -0.1) is 0 Å². The smallest absolute Gasteiger partial charge is 0.288 e. The van der Waals surface area contributed by atoms with Gasteiger partial charge >= 0.3 is 0 Å². The number of nitro benzene ring substituents is 1. The lowest BCUT2D eigenvalue weighted by molar-refractivity contribution is -0.387. The van der Waals surface area contributed by atoms with Crippen molar-refractivity contribution in [2.75, 3.05) is 25.3 Å². The molecule has 0 aliphatic rings. The predicted molar refractivity (Wildman–Crippen MR) is 87.9 cm³/mol. The Morgan fingerprint density at radius 3 is 2.54 bits per heavy atom. The number of anilines is 1. The molecular formula is C15H18N2O6S. The van der Waals surface area contributed by atoms with Gasteiger partial charge in [-0.3, -0.25) is 10.1 Å². The zero-order valence-electron chi connectivity index (χ0n) is 13.5. The number of hydrogen-bond donors (Lipinski definition) is 1. The van der Waals surface area contributed by atoms with E-state index in [0.717, 1.165) is 18.1 Å². The number of aryl methyl sites for hydroxylation is 1. The summed E-state index contributed by atoms with van der Waals surface area (Å²) in [4.78, 5) is 9.95. The lowest BCUT2D eigenvalue weighted by Crippen LogP contribution is -2.16. The Kier molecular flexibility index (Phi) is 5.25. The van der Waals surface area contributed by atoms with Crippen LogP contribution in [-0.2, 0) is 14.6 Å². The first-order valence-electron chi connectivity index (χ1n) is 7.02. The molecule has 0 radical (unpaired) electrons. The summed E-state index contributed by atoms with van der Waals surface area (Å²) >= 11 is 0. The Hall–Kier alpha value is -2.39. The van der Waals surface area contributed by atoms with Crippen molar-refractivity contribution >= 4 is 21.2 Å². The molecule has 1 N–H and O–H groups in total. The number of rotatable bonds is 7. The minimum Gasteiger partial charge on any atom is -0.464 e. The molecular weight excluding hydrogens is 336 g/mol. The third kappa shape index (κ3) is 4.12. The second kappa shape index (κ2) is 7.02. The normalized spacial score (nSPS) is 12.8. The van der Waals surface area contributed by atoms with Crippen molar-refractivity contribution in [3.05, 3.63) is 52.0 Å². The van der Waals surface area contributed by atoms with Crippen LogP contribution in [-0.4, -0.2) is 33.3 Å². The maximum Gasteiger partial charge on any atom is 0.288 e. The van der Waals surface area contributed by atoms with E-state index < -0.39 is 20.4 Å². The fourth-order valence-electron chi connectivity index (χ4n) is 2.26. The van der Waals surface area contributed by atoms with Crippen LogP contribution in [0.15, 0.2) is 39.6 Å². The van der Waals surface area contributed by atoms with Crippen molar-refractivity contribution in [2.45, 2.75) is 17.9 Å². The van der Waals surface area contributed by atoms with Gasteiger partial charge in [-0.25, -0.2) is 8.42 Å². The molecule has 1 aromatic heterocycles. The van der Waals surface area contributed by atoms with E-state index in [1.54, 1.807) is 19.1 Å². The lowest BCUT2D eigenvalue weighted by Gasteiger charge is -2.17. The van der Waals surface area contributed by atoms with Crippen molar-refractivity contribution in [1.82, 2.24) is 0 Å². The first-order chi connectivity index (χ1) is 11.2. The zero-order chi connectivity index (χ0) is 17.9. The summed E-state index contributed by atoms with van der Waals surface area (Å²) < 4.78 is 34.4. The zero-order valence-corrected chi connectivity index (χ0v) is 14.3. The summed E-state index contributed by atoms with van der Waals surface area (Å²) in [5, 5.41) is 14.1. The number of methoxy groups -OCH3 is 1. The average molecular weight is 354 g/mol. The van der Waals surface area contributed by atoms with E-state index in [4.69, 9.17) is 9.15 Å². The van der Waals surface area contributed by atoms with E-state index >= 15 is 0 Å². The van der Waals surface area contributed by atoms with E-state index in [0.29, 0.717) is 11.4 Å². The van der Waals surface area contributed by atoms with Crippen molar-refractivity contribution in [1.29, 1.82) is 0 Å². The second-order valence-electron chi connectivity index (χ2n) is 5.31. The minimum absolute atomic E-state index is 0.276. The number of nitro groups is 1. The highest BCUT2D eigenvalue weighted by Gasteiger charge is 2.23. The van der Waals surface area contributed by atoms with Crippen LogP contribution in [0, 0.1) is 17.0 Å². The molecule has 1 aromatic carbocycles. The van der Waals surface area contributed by atoms with Gasteiger partial charge < -0.3 is 14.5 Å². The molecule has 8 nitrogen and oxygen atoms in total. The van der Waals surface area contributed by atoms with E-state index in [9.17, 15) is 18.5 Å². The van der Waals surface area contributed by atoms with E-state index in [2.05, 4.69) is 5.32 Å². The Balaban J connectivity index is 2.39. The van der Waals surface area contributed by atoms with Crippen LogP contribution in [0.3, 0.4) is 0 Å². The summed E-state index contributed by atoms with van der Waals surface area (Å²) in [7, 11) is -2.22. The molecule has 2 rings (SSSR count). The van der Waals surface area contributed by atoms with Gasteiger partial charge in [-0.1, -0.05) is 0 Å². The predicted octanol–water partition coefficient (Wildman–Crippen LogP) is 2.70. The van der Waals surface area contributed by atoms with Crippen LogP contribution in [0.4, 0.5) is 11.4 Å². The first-order valence-corrected chi connectivity index (χ1v) is 8.92. The number of nitrogens with one attached hydrogen (secondary N) is 1. The van der Waals surface area contributed by atoms with E-state index in [1.165, 1.54) is 19.2 Å². The van der Waals surface area contributed by atoms with Crippen molar-refractivity contribution in [3.63, 3.8) is 0 Å². The van der Waals surface area contributed by atoms with E-state index in [-0.39, 0.29) is 17.5 Å². The monoisotopic (exact) mass is 354 g/mol. The molecule has 24 heavy (non-hydrogen) atoms. The van der Waals surface area contributed by atoms with Gasteiger partial charge in [-0.05, 0) is 31.2 Å². The Morgan fingerprint density at radius 1 is 1.33 bits per heavy atom.